The molecule has 0 radical (unpaired) electrons. The van der Waals surface area contributed by atoms with E-state index in [9.17, 15) is 0 Å². The van der Waals surface area contributed by atoms with Crippen molar-refractivity contribution in [3.63, 3.8) is 0 Å². The molecule has 5 nitrogen and oxygen atoms in total. The van der Waals surface area contributed by atoms with Crippen molar-refractivity contribution in [3.8, 4) is 0 Å². The third-order valence-corrected chi connectivity index (χ3v) is 4.55. The fourth-order valence-electron chi connectivity index (χ4n) is 3.12. The standard InChI is InChI=1S/C15H31N5/c1-3-19-10-12-20(13-11-19)9-8-17-15(16-2)18-14-6-4-5-7-14/h14H,3-13H2,1-2H3,(H2,16,17,18). The predicted molar refractivity (Wildman–Crippen MR) is 85.3 cm³/mol. The van der Waals surface area contributed by atoms with Crippen LogP contribution >= 0.6 is 0 Å². The summed E-state index contributed by atoms with van der Waals surface area (Å²) in [5.74, 6) is 0.976. The molecule has 1 aliphatic carbocycles. The number of nitrogens with one attached hydrogen (secondary N) is 2. The van der Waals surface area contributed by atoms with Gasteiger partial charge in [-0.2, -0.15) is 0 Å². The van der Waals surface area contributed by atoms with Crippen molar-refractivity contribution in [1.82, 2.24) is 20.4 Å². The number of hydrogen-bond acceptors (Lipinski definition) is 3. The number of piperazine rings is 1. The molecule has 0 atom stereocenters. The van der Waals surface area contributed by atoms with E-state index in [0.717, 1.165) is 19.0 Å². The van der Waals surface area contributed by atoms with E-state index in [1.54, 1.807) is 0 Å². The van der Waals surface area contributed by atoms with Crippen molar-refractivity contribution >= 4 is 5.96 Å². The van der Waals surface area contributed by atoms with Crippen LogP contribution in [0.5, 0.6) is 0 Å². The number of hydrogen-bond donors (Lipinski definition) is 2. The van der Waals surface area contributed by atoms with Crippen LogP contribution in [0.2, 0.25) is 0 Å². The Morgan fingerprint density at radius 2 is 1.75 bits per heavy atom. The summed E-state index contributed by atoms with van der Waals surface area (Å²) in [5, 5.41) is 6.98. The lowest BCUT2D eigenvalue weighted by Gasteiger charge is -2.34. The van der Waals surface area contributed by atoms with Gasteiger partial charge in [-0.05, 0) is 19.4 Å². The van der Waals surface area contributed by atoms with Crippen LogP contribution in [0.4, 0.5) is 0 Å². The maximum Gasteiger partial charge on any atom is 0.191 e. The van der Waals surface area contributed by atoms with Gasteiger partial charge in [0.2, 0.25) is 0 Å². The minimum absolute atomic E-state index is 0.634. The molecule has 2 aliphatic rings. The van der Waals surface area contributed by atoms with Gasteiger partial charge in [-0.25, -0.2) is 0 Å². The molecule has 0 aromatic heterocycles. The number of aliphatic imine (C=N–C) groups is 1. The zero-order valence-electron chi connectivity index (χ0n) is 13.2. The molecule has 20 heavy (non-hydrogen) atoms. The van der Waals surface area contributed by atoms with Gasteiger partial charge in [0.25, 0.3) is 0 Å². The lowest BCUT2D eigenvalue weighted by molar-refractivity contribution is 0.139. The molecular weight excluding hydrogens is 250 g/mol. The summed E-state index contributed by atoms with van der Waals surface area (Å²) < 4.78 is 0. The first-order valence-corrected chi connectivity index (χ1v) is 8.23. The van der Waals surface area contributed by atoms with Gasteiger partial charge in [0, 0.05) is 52.4 Å². The molecule has 1 saturated heterocycles. The van der Waals surface area contributed by atoms with Crippen molar-refractivity contribution in [2.24, 2.45) is 4.99 Å². The third-order valence-electron chi connectivity index (χ3n) is 4.55. The molecule has 0 aromatic rings. The van der Waals surface area contributed by atoms with Gasteiger partial charge >= 0.3 is 0 Å². The van der Waals surface area contributed by atoms with Gasteiger partial charge in [-0.15, -0.1) is 0 Å². The highest BCUT2D eigenvalue weighted by Crippen LogP contribution is 2.17. The van der Waals surface area contributed by atoms with Crippen molar-refractivity contribution in [1.29, 1.82) is 0 Å². The summed E-state index contributed by atoms with van der Waals surface area (Å²) in [5.41, 5.74) is 0. The van der Waals surface area contributed by atoms with Crippen molar-refractivity contribution in [2.45, 2.75) is 38.6 Å². The Balaban J connectivity index is 1.59. The topological polar surface area (TPSA) is 42.9 Å². The smallest absolute Gasteiger partial charge is 0.191 e. The molecule has 1 heterocycles. The average Bonchev–Trinajstić information content (AvgIpc) is 3.00. The van der Waals surface area contributed by atoms with E-state index >= 15 is 0 Å². The zero-order valence-corrected chi connectivity index (χ0v) is 13.2. The van der Waals surface area contributed by atoms with Gasteiger partial charge in [-0.3, -0.25) is 9.89 Å². The Bertz CT molecular complexity index is 291. The van der Waals surface area contributed by atoms with E-state index in [1.807, 2.05) is 7.05 Å². The van der Waals surface area contributed by atoms with Crippen LogP contribution in [-0.4, -0.2) is 74.7 Å². The van der Waals surface area contributed by atoms with Crippen molar-refractivity contribution < 1.29 is 0 Å². The lowest BCUT2D eigenvalue weighted by atomic mass is 10.2. The Hall–Kier alpha value is -0.810. The highest BCUT2D eigenvalue weighted by atomic mass is 15.3. The normalized spacial score (nSPS) is 23.2. The summed E-state index contributed by atoms with van der Waals surface area (Å²) in [6, 6.07) is 0.634. The molecule has 2 fully saturated rings. The minimum atomic E-state index is 0.634. The van der Waals surface area contributed by atoms with Crippen LogP contribution in [0.25, 0.3) is 0 Å². The Kier molecular flexibility index (Phi) is 6.60. The van der Waals surface area contributed by atoms with E-state index in [0.29, 0.717) is 6.04 Å². The van der Waals surface area contributed by atoms with Gasteiger partial charge < -0.3 is 15.5 Å². The Morgan fingerprint density at radius 3 is 2.35 bits per heavy atom. The molecule has 1 saturated carbocycles. The molecule has 0 spiro atoms. The molecular formula is C15H31N5. The monoisotopic (exact) mass is 281 g/mol. The molecule has 116 valence electrons. The molecule has 2 N–H and O–H groups in total. The van der Waals surface area contributed by atoms with E-state index in [1.165, 1.54) is 58.4 Å². The molecule has 0 aromatic carbocycles. The van der Waals surface area contributed by atoms with E-state index in [2.05, 4.69) is 32.3 Å². The lowest BCUT2D eigenvalue weighted by Crippen LogP contribution is -2.49. The van der Waals surface area contributed by atoms with Crippen molar-refractivity contribution in [2.75, 3.05) is 52.9 Å². The molecule has 2 rings (SSSR count). The molecule has 5 heteroatoms. The first-order valence-electron chi connectivity index (χ1n) is 8.23. The number of rotatable bonds is 5. The number of guanidine groups is 1. The first-order chi connectivity index (χ1) is 9.81. The van der Waals surface area contributed by atoms with Gasteiger partial charge in [0.15, 0.2) is 5.96 Å². The fourth-order valence-corrected chi connectivity index (χ4v) is 3.12. The molecule has 0 unspecified atom stereocenters. The zero-order chi connectivity index (χ0) is 14.2. The molecule has 0 bridgehead atoms. The second-order valence-electron chi connectivity index (χ2n) is 5.90. The van der Waals surface area contributed by atoms with Crippen molar-refractivity contribution in [3.05, 3.63) is 0 Å². The fraction of sp³-hybridized carbons (Fsp3) is 0.933. The van der Waals surface area contributed by atoms with Crippen LogP contribution < -0.4 is 10.6 Å². The third kappa shape index (κ3) is 4.94. The van der Waals surface area contributed by atoms with Crippen LogP contribution in [0.1, 0.15) is 32.6 Å². The van der Waals surface area contributed by atoms with Crippen LogP contribution in [-0.2, 0) is 0 Å². The maximum atomic E-state index is 4.33. The average molecular weight is 281 g/mol. The number of nitrogens with zero attached hydrogens (tertiary/aromatic N) is 3. The summed E-state index contributed by atoms with van der Waals surface area (Å²) >= 11 is 0. The summed E-state index contributed by atoms with van der Waals surface area (Å²) in [4.78, 5) is 9.39. The summed E-state index contributed by atoms with van der Waals surface area (Å²) in [6.07, 6.45) is 5.30. The molecule has 0 amide bonds. The van der Waals surface area contributed by atoms with Gasteiger partial charge in [0.05, 0.1) is 0 Å². The first kappa shape index (κ1) is 15.6. The van der Waals surface area contributed by atoms with E-state index < -0.39 is 0 Å². The second kappa shape index (κ2) is 8.47. The number of likely N-dealkylation sites (N-methyl/N-ethyl adjacent to an activating group) is 1. The van der Waals surface area contributed by atoms with Crippen LogP contribution in [0.15, 0.2) is 4.99 Å². The van der Waals surface area contributed by atoms with Crippen LogP contribution in [0, 0.1) is 0 Å². The van der Waals surface area contributed by atoms with Gasteiger partial charge in [0.1, 0.15) is 0 Å². The highest BCUT2D eigenvalue weighted by molar-refractivity contribution is 5.79. The molecule has 1 aliphatic heterocycles. The largest absolute Gasteiger partial charge is 0.355 e. The van der Waals surface area contributed by atoms with E-state index in [-0.39, 0.29) is 0 Å². The quantitative estimate of drug-likeness (QED) is 0.576. The summed E-state index contributed by atoms with van der Waals surface area (Å²) in [7, 11) is 1.87. The Morgan fingerprint density at radius 1 is 1.10 bits per heavy atom. The summed E-state index contributed by atoms with van der Waals surface area (Å²) in [6.45, 7) is 10.4. The van der Waals surface area contributed by atoms with E-state index in [4.69, 9.17) is 0 Å². The van der Waals surface area contributed by atoms with Crippen LogP contribution in [0.3, 0.4) is 0 Å². The highest BCUT2D eigenvalue weighted by Gasteiger charge is 2.17. The van der Waals surface area contributed by atoms with Gasteiger partial charge in [-0.1, -0.05) is 19.8 Å². The Labute approximate surface area is 123 Å². The minimum Gasteiger partial charge on any atom is -0.355 e. The predicted octanol–water partition coefficient (Wildman–Crippen LogP) is 0.732. The maximum absolute atomic E-state index is 4.33. The second-order valence-corrected chi connectivity index (χ2v) is 5.90. The SMILES string of the molecule is CCN1CCN(CCNC(=NC)NC2CCCC2)CC1.